The van der Waals surface area contributed by atoms with Crippen molar-refractivity contribution in [1.29, 1.82) is 0 Å². The van der Waals surface area contributed by atoms with Crippen molar-refractivity contribution in [3.05, 3.63) is 40.7 Å². The van der Waals surface area contributed by atoms with Gasteiger partial charge in [0.15, 0.2) is 0 Å². The summed E-state index contributed by atoms with van der Waals surface area (Å²) in [5.41, 5.74) is 2.80. The van der Waals surface area contributed by atoms with Gasteiger partial charge in [0.05, 0.1) is 11.4 Å². The zero-order valence-corrected chi connectivity index (χ0v) is 14.0. The van der Waals surface area contributed by atoms with E-state index in [1.54, 1.807) is 39.1 Å². The van der Waals surface area contributed by atoms with E-state index >= 15 is 0 Å². The lowest BCUT2D eigenvalue weighted by molar-refractivity contribution is 0.0946. The highest BCUT2D eigenvalue weighted by Gasteiger charge is 2.25. The summed E-state index contributed by atoms with van der Waals surface area (Å²) in [6.07, 6.45) is 0.745. The molecule has 122 valence electrons. The minimum Gasteiger partial charge on any atom is -0.352 e. The fraction of sp³-hybridized carbons (Fsp3) is 0.333. The average molecular weight is 334 g/mol. The number of aromatic nitrogens is 2. The van der Waals surface area contributed by atoms with Crippen LogP contribution in [-0.4, -0.2) is 30.7 Å². The minimum absolute atomic E-state index is 0.169. The molecule has 0 unspecified atom stereocenters. The molecule has 0 fully saturated rings. The van der Waals surface area contributed by atoms with Crippen molar-refractivity contribution in [3.63, 3.8) is 0 Å². The van der Waals surface area contributed by atoms with Crippen LogP contribution in [-0.2, 0) is 23.5 Å². The quantitative estimate of drug-likeness (QED) is 0.880. The molecule has 2 N–H and O–H groups in total. The third kappa shape index (κ3) is 2.70. The molecule has 1 aliphatic heterocycles. The molecule has 1 aromatic heterocycles. The fourth-order valence-electron chi connectivity index (χ4n) is 2.82. The first-order valence-electron chi connectivity index (χ1n) is 7.24. The van der Waals surface area contributed by atoms with Gasteiger partial charge in [-0.25, -0.2) is 8.42 Å². The average Bonchev–Trinajstić information content (AvgIpc) is 2.73. The van der Waals surface area contributed by atoms with E-state index in [0.29, 0.717) is 29.2 Å². The molecular formula is C15H18N4O3S. The van der Waals surface area contributed by atoms with Gasteiger partial charge in [-0.05, 0) is 38.0 Å². The molecule has 7 nitrogen and oxygen atoms in total. The Kier molecular flexibility index (Phi) is 3.63. The number of nitrogens with zero attached hydrogens (tertiary/aromatic N) is 2. The molecular weight excluding hydrogens is 316 g/mol. The predicted octanol–water partition coefficient (Wildman–Crippen LogP) is 1.12. The minimum atomic E-state index is -3.76. The highest BCUT2D eigenvalue weighted by molar-refractivity contribution is 7.92. The Hall–Kier alpha value is -2.35. The van der Waals surface area contributed by atoms with Crippen LogP contribution in [0.3, 0.4) is 0 Å². The van der Waals surface area contributed by atoms with E-state index in [1.807, 2.05) is 0 Å². The molecule has 0 saturated heterocycles. The van der Waals surface area contributed by atoms with Gasteiger partial charge in [0.2, 0.25) is 0 Å². The van der Waals surface area contributed by atoms with E-state index in [-0.39, 0.29) is 10.8 Å². The molecule has 23 heavy (non-hydrogen) atoms. The van der Waals surface area contributed by atoms with Gasteiger partial charge in [0.1, 0.15) is 4.90 Å². The number of carbonyl (C=O) groups is 1. The molecule has 3 rings (SSSR count). The van der Waals surface area contributed by atoms with Crippen molar-refractivity contribution in [2.75, 3.05) is 11.3 Å². The summed E-state index contributed by atoms with van der Waals surface area (Å²) in [5.74, 6) is -0.180. The molecule has 1 aromatic carbocycles. The van der Waals surface area contributed by atoms with Gasteiger partial charge in [-0.2, -0.15) is 5.10 Å². The van der Waals surface area contributed by atoms with Gasteiger partial charge >= 0.3 is 0 Å². The van der Waals surface area contributed by atoms with Crippen molar-refractivity contribution in [2.45, 2.75) is 25.2 Å². The van der Waals surface area contributed by atoms with Crippen molar-refractivity contribution >= 4 is 21.6 Å². The van der Waals surface area contributed by atoms with Gasteiger partial charge in [0, 0.05) is 24.8 Å². The molecule has 0 radical (unpaired) electrons. The zero-order chi connectivity index (χ0) is 16.8. The number of rotatable bonds is 3. The summed E-state index contributed by atoms with van der Waals surface area (Å²) in [6.45, 7) is 3.96. The van der Waals surface area contributed by atoms with Gasteiger partial charge in [-0.15, -0.1) is 0 Å². The lowest BCUT2D eigenvalue weighted by atomic mass is 10.00. The van der Waals surface area contributed by atoms with Crippen LogP contribution in [0, 0.1) is 13.8 Å². The van der Waals surface area contributed by atoms with Gasteiger partial charge in [0.25, 0.3) is 15.9 Å². The van der Waals surface area contributed by atoms with Crippen LogP contribution in [0.5, 0.6) is 0 Å². The maximum Gasteiger partial charge on any atom is 0.265 e. The molecule has 0 bridgehead atoms. The smallest absolute Gasteiger partial charge is 0.265 e. The van der Waals surface area contributed by atoms with E-state index in [1.165, 1.54) is 4.68 Å². The van der Waals surface area contributed by atoms with Crippen LogP contribution >= 0.6 is 0 Å². The van der Waals surface area contributed by atoms with E-state index in [0.717, 1.165) is 12.0 Å². The molecule has 0 spiro atoms. The fourth-order valence-corrected chi connectivity index (χ4v) is 4.31. The van der Waals surface area contributed by atoms with Crippen LogP contribution in [0.2, 0.25) is 0 Å². The standard InChI is InChI=1S/C15H18N4O3S/c1-9-14(10(2)19(3)17-9)23(21,22)18-12-5-4-11-6-7-16-15(20)13(11)8-12/h4-5,8,18H,6-7H2,1-3H3,(H,16,20). The third-order valence-corrected chi connectivity index (χ3v) is 5.63. The number of fused-ring (bicyclic) bond motifs is 1. The number of hydrogen-bond acceptors (Lipinski definition) is 4. The van der Waals surface area contributed by atoms with Gasteiger partial charge in [-0.3, -0.25) is 14.2 Å². The Morgan fingerprint density at radius 1 is 1.30 bits per heavy atom. The summed E-state index contributed by atoms with van der Waals surface area (Å²) < 4.78 is 29.4. The van der Waals surface area contributed by atoms with Crippen molar-refractivity contribution in [1.82, 2.24) is 15.1 Å². The van der Waals surface area contributed by atoms with Crippen LogP contribution in [0.15, 0.2) is 23.1 Å². The van der Waals surface area contributed by atoms with E-state index in [9.17, 15) is 13.2 Å². The van der Waals surface area contributed by atoms with Crippen molar-refractivity contribution in [3.8, 4) is 0 Å². The number of hydrogen-bond donors (Lipinski definition) is 2. The maximum atomic E-state index is 12.6. The Bertz CT molecular complexity index is 900. The summed E-state index contributed by atoms with van der Waals surface area (Å²) in [5, 5.41) is 6.89. The van der Waals surface area contributed by atoms with Crippen LogP contribution in [0.1, 0.15) is 27.3 Å². The molecule has 0 saturated carbocycles. The van der Waals surface area contributed by atoms with E-state index in [2.05, 4.69) is 15.1 Å². The van der Waals surface area contributed by atoms with Crippen molar-refractivity contribution < 1.29 is 13.2 Å². The summed E-state index contributed by atoms with van der Waals surface area (Å²) in [7, 11) is -2.06. The van der Waals surface area contributed by atoms with E-state index in [4.69, 9.17) is 0 Å². The molecule has 2 aromatic rings. The predicted molar refractivity (Wildman–Crippen MR) is 86.0 cm³/mol. The second-order valence-electron chi connectivity index (χ2n) is 5.61. The highest BCUT2D eigenvalue weighted by Crippen LogP contribution is 2.24. The summed E-state index contributed by atoms with van der Waals surface area (Å²) in [4.78, 5) is 12.1. The van der Waals surface area contributed by atoms with Crippen LogP contribution in [0.25, 0.3) is 0 Å². The second-order valence-corrected chi connectivity index (χ2v) is 7.23. The third-order valence-electron chi connectivity index (χ3n) is 4.00. The number of anilines is 1. The normalized spacial score (nSPS) is 14.3. The van der Waals surface area contributed by atoms with Crippen LogP contribution < -0.4 is 10.0 Å². The molecule has 0 atom stereocenters. The first-order valence-corrected chi connectivity index (χ1v) is 8.72. The number of aryl methyl sites for hydroxylation is 2. The number of amides is 1. The molecule has 8 heteroatoms. The first-order chi connectivity index (χ1) is 10.8. The highest BCUT2D eigenvalue weighted by atomic mass is 32.2. The largest absolute Gasteiger partial charge is 0.352 e. The topological polar surface area (TPSA) is 93.1 Å². The van der Waals surface area contributed by atoms with Gasteiger partial charge in [-0.1, -0.05) is 6.07 Å². The number of benzene rings is 1. The second kappa shape index (κ2) is 5.38. The lowest BCUT2D eigenvalue weighted by Gasteiger charge is -2.17. The molecule has 1 aliphatic rings. The Morgan fingerprint density at radius 3 is 2.70 bits per heavy atom. The van der Waals surface area contributed by atoms with E-state index < -0.39 is 10.0 Å². The Balaban J connectivity index is 1.98. The Labute approximate surface area is 134 Å². The summed E-state index contributed by atoms with van der Waals surface area (Å²) >= 11 is 0. The van der Waals surface area contributed by atoms with Gasteiger partial charge < -0.3 is 5.32 Å². The van der Waals surface area contributed by atoms with Crippen LogP contribution in [0.4, 0.5) is 5.69 Å². The Morgan fingerprint density at radius 2 is 2.04 bits per heavy atom. The number of carbonyl (C=O) groups excluding carboxylic acids is 1. The molecule has 1 amide bonds. The lowest BCUT2D eigenvalue weighted by Crippen LogP contribution is -2.31. The monoisotopic (exact) mass is 334 g/mol. The summed E-state index contributed by atoms with van der Waals surface area (Å²) in [6, 6.07) is 5.04. The zero-order valence-electron chi connectivity index (χ0n) is 13.2. The SMILES string of the molecule is Cc1nn(C)c(C)c1S(=O)(=O)Nc1ccc2c(c1)C(=O)NCC2. The van der Waals surface area contributed by atoms with Crippen molar-refractivity contribution in [2.24, 2.45) is 7.05 Å². The first kappa shape index (κ1) is 15.5. The number of sulfonamides is 1. The molecule has 0 aliphatic carbocycles. The number of nitrogens with one attached hydrogen (secondary N) is 2. The maximum absolute atomic E-state index is 12.6. The molecule has 2 heterocycles.